The standard InChI is InChI=1S/C19H19NO3/c21-17-9-4-10-19(17,12-16-8-5-11-20-13-16)18(22)23-14-15-6-2-1-3-7-15/h1-3,5-8,11,13H,4,9-10,12,14H2. The summed E-state index contributed by atoms with van der Waals surface area (Å²) < 4.78 is 5.48. The highest BCUT2D eigenvalue weighted by atomic mass is 16.5. The number of ketones is 1. The monoisotopic (exact) mass is 309 g/mol. The first-order valence-corrected chi connectivity index (χ1v) is 7.84. The number of pyridine rings is 1. The van der Waals surface area contributed by atoms with Crippen molar-refractivity contribution in [2.75, 3.05) is 0 Å². The number of nitrogens with zero attached hydrogens (tertiary/aromatic N) is 1. The van der Waals surface area contributed by atoms with E-state index in [0.717, 1.165) is 17.5 Å². The van der Waals surface area contributed by atoms with Crippen molar-refractivity contribution < 1.29 is 14.3 Å². The van der Waals surface area contributed by atoms with Crippen molar-refractivity contribution in [2.24, 2.45) is 5.41 Å². The van der Waals surface area contributed by atoms with Crippen molar-refractivity contribution in [2.45, 2.75) is 32.3 Å². The van der Waals surface area contributed by atoms with Crippen LogP contribution in [-0.2, 0) is 27.4 Å². The minimum Gasteiger partial charge on any atom is -0.460 e. The Morgan fingerprint density at radius 2 is 1.91 bits per heavy atom. The van der Waals surface area contributed by atoms with Gasteiger partial charge in [0, 0.05) is 18.8 Å². The van der Waals surface area contributed by atoms with Crippen LogP contribution in [-0.4, -0.2) is 16.7 Å². The second-order valence-corrected chi connectivity index (χ2v) is 5.96. The van der Waals surface area contributed by atoms with Crippen LogP contribution in [0, 0.1) is 5.41 Å². The van der Waals surface area contributed by atoms with Gasteiger partial charge in [-0.25, -0.2) is 0 Å². The summed E-state index contributed by atoms with van der Waals surface area (Å²) in [5, 5.41) is 0. The van der Waals surface area contributed by atoms with Crippen LogP contribution in [0.3, 0.4) is 0 Å². The van der Waals surface area contributed by atoms with E-state index in [1.54, 1.807) is 12.4 Å². The lowest BCUT2D eigenvalue weighted by Crippen LogP contribution is -2.39. The van der Waals surface area contributed by atoms with Gasteiger partial charge in [0.1, 0.15) is 12.0 Å². The van der Waals surface area contributed by atoms with Gasteiger partial charge in [0.25, 0.3) is 0 Å². The lowest BCUT2D eigenvalue weighted by atomic mass is 9.79. The van der Waals surface area contributed by atoms with E-state index in [4.69, 9.17) is 4.74 Å². The number of rotatable bonds is 5. The molecule has 118 valence electrons. The van der Waals surface area contributed by atoms with Crippen LogP contribution in [0.15, 0.2) is 54.9 Å². The van der Waals surface area contributed by atoms with Crippen LogP contribution in [0.5, 0.6) is 0 Å². The van der Waals surface area contributed by atoms with Crippen LogP contribution >= 0.6 is 0 Å². The Morgan fingerprint density at radius 1 is 1.13 bits per heavy atom. The van der Waals surface area contributed by atoms with Gasteiger partial charge in [-0.1, -0.05) is 36.4 Å². The quantitative estimate of drug-likeness (QED) is 0.629. The van der Waals surface area contributed by atoms with E-state index in [0.29, 0.717) is 19.3 Å². The van der Waals surface area contributed by atoms with Gasteiger partial charge in [-0.3, -0.25) is 14.6 Å². The largest absolute Gasteiger partial charge is 0.460 e. The topological polar surface area (TPSA) is 56.3 Å². The molecule has 0 spiro atoms. The maximum absolute atomic E-state index is 12.7. The molecule has 1 saturated carbocycles. The summed E-state index contributed by atoms with van der Waals surface area (Å²) in [5.41, 5.74) is 0.764. The molecular formula is C19H19NO3. The molecule has 1 unspecified atom stereocenters. The molecular weight excluding hydrogens is 290 g/mol. The lowest BCUT2D eigenvalue weighted by Gasteiger charge is -2.25. The van der Waals surface area contributed by atoms with Gasteiger partial charge >= 0.3 is 5.97 Å². The summed E-state index contributed by atoms with van der Waals surface area (Å²) in [4.78, 5) is 29.2. The van der Waals surface area contributed by atoms with Crippen molar-refractivity contribution >= 4 is 11.8 Å². The fraction of sp³-hybridized carbons (Fsp3) is 0.316. The number of hydrogen-bond donors (Lipinski definition) is 0. The van der Waals surface area contributed by atoms with Gasteiger partial charge in [-0.15, -0.1) is 0 Å². The molecule has 0 amide bonds. The van der Waals surface area contributed by atoms with E-state index in [9.17, 15) is 9.59 Å². The maximum Gasteiger partial charge on any atom is 0.320 e. The fourth-order valence-electron chi connectivity index (χ4n) is 3.12. The molecule has 1 aromatic carbocycles. The third-order valence-electron chi connectivity index (χ3n) is 4.37. The number of benzene rings is 1. The molecule has 1 atom stereocenters. The van der Waals surface area contributed by atoms with E-state index in [1.165, 1.54) is 0 Å². The molecule has 0 saturated heterocycles. The minimum atomic E-state index is -1.04. The molecule has 4 nitrogen and oxygen atoms in total. The third-order valence-corrected chi connectivity index (χ3v) is 4.37. The second kappa shape index (κ2) is 6.73. The van der Waals surface area contributed by atoms with Gasteiger partial charge in [-0.05, 0) is 36.5 Å². The zero-order chi connectivity index (χ0) is 16.1. The first kappa shape index (κ1) is 15.4. The van der Waals surface area contributed by atoms with Gasteiger partial charge in [0.2, 0.25) is 0 Å². The lowest BCUT2D eigenvalue weighted by molar-refractivity contribution is -0.160. The van der Waals surface area contributed by atoms with Crippen molar-refractivity contribution in [3.8, 4) is 0 Å². The first-order valence-electron chi connectivity index (χ1n) is 7.84. The summed E-state index contributed by atoms with van der Waals surface area (Å²) >= 11 is 0. The number of carbonyl (C=O) groups excluding carboxylic acids is 2. The summed E-state index contributed by atoms with van der Waals surface area (Å²) in [6.07, 6.45) is 5.49. The molecule has 0 aliphatic heterocycles. The molecule has 1 fully saturated rings. The van der Waals surface area contributed by atoms with Gasteiger partial charge < -0.3 is 4.74 Å². The molecule has 4 heteroatoms. The zero-order valence-corrected chi connectivity index (χ0v) is 12.9. The molecule has 1 aliphatic carbocycles. The van der Waals surface area contributed by atoms with Crippen LogP contribution in [0.25, 0.3) is 0 Å². The SMILES string of the molecule is O=C1CCCC1(Cc1cccnc1)C(=O)OCc1ccccc1. The van der Waals surface area contributed by atoms with Crippen LogP contribution in [0.1, 0.15) is 30.4 Å². The average molecular weight is 309 g/mol. The minimum absolute atomic E-state index is 0.0144. The van der Waals surface area contributed by atoms with E-state index in [-0.39, 0.29) is 12.4 Å². The summed E-state index contributed by atoms with van der Waals surface area (Å²) in [5.74, 6) is -0.424. The van der Waals surface area contributed by atoms with Crippen molar-refractivity contribution in [1.29, 1.82) is 0 Å². The summed E-state index contributed by atoms with van der Waals surface area (Å²) in [7, 11) is 0. The Kier molecular flexibility index (Phi) is 4.51. The molecule has 1 aromatic heterocycles. The van der Waals surface area contributed by atoms with Gasteiger partial charge in [-0.2, -0.15) is 0 Å². The maximum atomic E-state index is 12.7. The smallest absolute Gasteiger partial charge is 0.320 e. The predicted octanol–water partition coefficient (Wildman–Crippen LogP) is 3.11. The number of hydrogen-bond acceptors (Lipinski definition) is 4. The summed E-state index contributed by atoms with van der Waals surface area (Å²) in [6, 6.07) is 13.2. The molecule has 0 bridgehead atoms. The van der Waals surface area contributed by atoms with Crippen LogP contribution in [0.2, 0.25) is 0 Å². The highest BCUT2D eigenvalue weighted by Gasteiger charge is 2.49. The van der Waals surface area contributed by atoms with Crippen molar-refractivity contribution in [3.63, 3.8) is 0 Å². The van der Waals surface area contributed by atoms with Crippen molar-refractivity contribution in [1.82, 2.24) is 4.98 Å². The number of ether oxygens (including phenoxy) is 1. The van der Waals surface area contributed by atoms with Crippen LogP contribution in [0.4, 0.5) is 0 Å². The molecule has 23 heavy (non-hydrogen) atoms. The number of esters is 1. The Balaban J connectivity index is 1.76. The number of carbonyl (C=O) groups is 2. The van der Waals surface area contributed by atoms with Crippen molar-refractivity contribution in [3.05, 3.63) is 66.0 Å². The number of Topliss-reactive ketones (excluding diaryl/α,β-unsaturated/α-hetero) is 1. The molecule has 0 radical (unpaired) electrons. The number of aromatic nitrogens is 1. The summed E-state index contributed by atoms with van der Waals surface area (Å²) in [6.45, 7) is 0.196. The first-order chi connectivity index (χ1) is 11.2. The second-order valence-electron chi connectivity index (χ2n) is 5.96. The Labute approximate surface area is 135 Å². The molecule has 1 heterocycles. The molecule has 0 N–H and O–H groups in total. The van der Waals surface area contributed by atoms with E-state index >= 15 is 0 Å². The highest BCUT2D eigenvalue weighted by Crippen LogP contribution is 2.39. The van der Waals surface area contributed by atoms with E-state index in [2.05, 4.69) is 4.98 Å². The highest BCUT2D eigenvalue weighted by molar-refractivity contribution is 6.05. The Bertz CT molecular complexity index is 684. The molecule has 1 aliphatic rings. The predicted molar refractivity (Wildman–Crippen MR) is 85.5 cm³/mol. The van der Waals surface area contributed by atoms with E-state index < -0.39 is 11.4 Å². The normalized spacial score (nSPS) is 20.4. The average Bonchev–Trinajstić information content (AvgIpc) is 2.96. The van der Waals surface area contributed by atoms with Crippen LogP contribution < -0.4 is 0 Å². The fourth-order valence-corrected chi connectivity index (χ4v) is 3.12. The zero-order valence-electron chi connectivity index (χ0n) is 12.9. The van der Waals surface area contributed by atoms with Gasteiger partial charge in [0.15, 0.2) is 5.78 Å². The Morgan fingerprint density at radius 3 is 2.57 bits per heavy atom. The molecule has 2 aromatic rings. The van der Waals surface area contributed by atoms with E-state index in [1.807, 2.05) is 42.5 Å². The molecule has 3 rings (SSSR count). The Hall–Kier alpha value is -2.49. The van der Waals surface area contributed by atoms with Gasteiger partial charge in [0.05, 0.1) is 0 Å². The third kappa shape index (κ3) is 3.31.